The van der Waals surface area contributed by atoms with Gasteiger partial charge in [0.1, 0.15) is 0 Å². The molecule has 30 heavy (non-hydrogen) atoms. The van der Waals surface area contributed by atoms with E-state index < -0.39 is 11.9 Å². The number of benzene rings is 1. The van der Waals surface area contributed by atoms with Gasteiger partial charge in [-0.1, -0.05) is 0 Å². The third-order valence-corrected chi connectivity index (χ3v) is 4.57. The van der Waals surface area contributed by atoms with Crippen LogP contribution in [0.5, 0.6) is 5.75 Å². The molecule has 0 spiro atoms. The van der Waals surface area contributed by atoms with Crippen molar-refractivity contribution in [1.29, 1.82) is 0 Å². The van der Waals surface area contributed by atoms with Gasteiger partial charge in [-0.2, -0.15) is 4.98 Å². The van der Waals surface area contributed by atoms with E-state index in [1.165, 1.54) is 12.1 Å². The van der Waals surface area contributed by atoms with Crippen LogP contribution in [0.4, 0.5) is 15.1 Å². The van der Waals surface area contributed by atoms with Gasteiger partial charge >= 0.3 is 6.09 Å². The van der Waals surface area contributed by atoms with Crippen molar-refractivity contribution in [1.82, 2.24) is 15.0 Å². The van der Waals surface area contributed by atoms with E-state index in [-0.39, 0.29) is 5.75 Å². The highest BCUT2D eigenvalue weighted by Gasteiger charge is 2.15. The van der Waals surface area contributed by atoms with Gasteiger partial charge in [-0.05, 0) is 56.0 Å². The van der Waals surface area contributed by atoms with Crippen LogP contribution >= 0.6 is 0 Å². The van der Waals surface area contributed by atoms with E-state index in [1.807, 2.05) is 13.0 Å². The minimum atomic E-state index is -1.08. The molecule has 1 amide bonds. The van der Waals surface area contributed by atoms with Crippen molar-refractivity contribution < 1.29 is 13.9 Å². The molecule has 0 atom stereocenters. The van der Waals surface area contributed by atoms with E-state index in [1.54, 1.807) is 13.1 Å². The van der Waals surface area contributed by atoms with E-state index in [0.29, 0.717) is 28.4 Å². The SMILES string of the molecule is C#CCCCCNc1ncc2cc(-c3cc(OC(N)=O)c(F)cc3C)c(C)nc2n1. The molecule has 0 fully saturated rings. The predicted octanol–water partition coefficient (Wildman–Crippen LogP) is 4.12. The van der Waals surface area contributed by atoms with Gasteiger partial charge in [0.25, 0.3) is 0 Å². The van der Waals surface area contributed by atoms with Crippen LogP contribution in [0.2, 0.25) is 0 Å². The van der Waals surface area contributed by atoms with E-state index in [0.717, 1.165) is 36.8 Å². The van der Waals surface area contributed by atoms with Crippen molar-refractivity contribution in [3.8, 4) is 29.2 Å². The van der Waals surface area contributed by atoms with Gasteiger partial charge in [-0.3, -0.25) is 0 Å². The molecule has 0 aliphatic heterocycles. The number of carbonyl (C=O) groups excluding carboxylic acids is 1. The van der Waals surface area contributed by atoms with Crippen LogP contribution in [-0.4, -0.2) is 27.6 Å². The maximum atomic E-state index is 14.1. The molecule has 7 nitrogen and oxygen atoms in total. The number of unbranched alkanes of at least 4 members (excludes halogenated alkanes) is 2. The van der Waals surface area contributed by atoms with Crippen LogP contribution in [0.15, 0.2) is 24.4 Å². The number of hydrogen-bond donors (Lipinski definition) is 2. The number of primary amides is 1. The Morgan fingerprint density at radius 1 is 1.23 bits per heavy atom. The molecule has 0 aliphatic rings. The lowest BCUT2D eigenvalue weighted by Gasteiger charge is -2.13. The lowest BCUT2D eigenvalue weighted by atomic mass is 9.98. The smallest absolute Gasteiger partial charge is 0.407 e. The summed E-state index contributed by atoms with van der Waals surface area (Å²) in [6.45, 7) is 4.32. The van der Waals surface area contributed by atoms with Crippen LogP contribution in [-0.2, 0) is 0 Å². The summed E-state index contributed by atoms with van der Waals surface area (Å²) in [6, 6.07) is 4.61. The summed E-state index contributed by atoms with van der Waals surface area (Å²) >= 11 is 0. The zero-order valence-corrected chi connectivity index (χ0v) is 16.8. The highest BCUT2D eigenvalue weighted by atomic mass is 19.1. The number of aromatic nitrogens is 3. The molecule has 3 aromatic rings. The molecule has 0 radical (unpaired) electrons. The van der Waals surface area contributed by atoms with Crippen LogP contribution < -0.4 is 15.8 Å². The van der Waals surface area contributed by atoms with Crippen LogP contribution in [0, 0.1) is 32.0 Å². The third-order valence-electron chi connectivity index (χ3n) is 4.57. The fourth-order valence-corrected chi connectivity index (χ4v) is 3.09. The van der Waals surface area contributed by atoms with Crippen molar-refractivity contribution in [3.63, 3.8) is 0 Å². The summed E-state index contributed by atoms with van der Waals surface area (Å²) < 4.78 is 18.9. The minimum Gasteiger partial charge on any atom is -0.407 e. The summed E-state index contributed by atoms with van der Waals surface area (Å²) in [5.41, 5.74) is 8.37. The molecule has 2 aromatic heterocycles. The second kappa shape index (κ2) is 9.18. The van der Waals surface area contributed by atoms with Crippen LogP contribution in [0.1, 0.15) is 30.5 Å². The van der Waals surface area contributed by atoms with Gasteiger partial charge in [0, 0.05) is 35.8 Å². The average Bonchev–Trinajstić information content (AvgIpc) is 2.69. The molecule has 0 unspecified atom stereocenters. The van der Waals surface area contributed by atoms with Crippen LogP contribution in [0.25, 0.3) is 22.2 Å². The number of fused-ring (bicyclic) bond motifs is 1. The van der Waals surface area contributed by atoms with Crippen molar-refractivity contribution in [2.45, 2.75) is 33.1 Å². The van der Waals surface area contributed by atoms with Crippen molar-refractivity contribution in [2.75, 3.05) is 11.9 Å². The highest BCUT2D eigenvalue weighted by Crippen LogP contribution is 2.33. The second-order valence-corrected chi connectivity index (χ2v) is 6.83. The molecule has 0 saturated heterocycles. The van der Waals surface area contributed by atoms with Gasteiger partial charge in [0.05, 0.1) is 0 Å². The van der Waals surface area contributed by atoms with Gasteiger partial charge < -0.3 is 15.8 Å². The van der Waals surface area contributed by atoms with Crippen molar-refractivity contribution >= 4 is 23.1 Å². The highest BCUT2D eigenvalue weighted by molar-refractivity contribution is 5.84. The third kappa shape index (κ3) is 4.81. The Bertz CT molecular complexity index is 1140. The van der Waals surface area contributed by atoms with E-state index in [2.05, 4.69) is 26.2 Å². The molecule has 0 aliphatic carbocycles. The first-order valence-corrected chi connectivity index (χ1v) is 9.48. The zero-order chi connectivity index (χ0) is 21.7. The quantitative estimate of drug-likeness (QED) is 0.451. The molecule has 1 aromatic carbocycles. The monoisotopic (exact) mass is 407 g/mol. The summed E-state index contributed by atoms with van der Waals surface area (Å²) in [4.78, 5) is 24.4. The van der Waals surface area contributed by atoms with Gasteiger partial charge in [0.15, 0.2) is 17.2 Å². The molecule has 2 heterocycles. The molecule has 3 N–H and O–H groups in total. The molecule has 154 valence electrons. The van der Waals surface area contributed by atoms with Gasteiger partial charge in [0.2, 0.25) is 5.95 Å². The average molecular weight is 407 g/mol. The number of nitrogens with zero attached hydrogens (tertiary/aromatic N) is 3. The van der Waals surface area contributed by atoms with Crippen LogP contribution in [0.3, 0.4) is 0 Å². The summed E-state index contributed by atoms with van der Waals surface area (Å²) in [7, 11) is 0. The number of halogens is 1. The molecule has 8 heteroatoms. The van der Waals surface area contributed by atoms with Gasteiger partial charge in [-0.15, -0.1) is 12.3 Å². The number of anilines is 1. The Morgan fingerprint density at radius 3 is 2.77 bits per heavy atom. The fourth-order valence-electron chi connectivity index (χ4n) is 3.09. The van der Waals surface area contributed by atoms with Gasteiger partial charge in [-0.25, -0.2) is 19.2 Å². The number of nitrogens with one attached hydrogen (secondary N) is 1. The van der Waals surface area contributed by atoms with Crippen molar-refractivity contribution in [2.24, 2.45) is 5.73 Å². The first kappa shape index (κ1) is 21.0. The minimum absolute atomic E-state index is 0.233. The molecular formula is C22H22FN5O2. The number of rotatable bonds is 7. The maximum Gasteiger partial charge on any atom is 0.410 e. The first-order chi connectivity index (χ1) is 14.4. The van der Waals surface area contributed by atoms with E-state index >= 15 is 0 Å². The Balaban J connectivity index is 1.91. The normalized spacial score (nSPS) is 10.6. The van der Waals surface area contributed by atoms with E-state index in [9.17, 15) is 9.18 Å². The summed E-state index contributed by atoms with van der Waals surface area (Å²) in [6.07, 6.45) is 8.47. The number of terminal acetylenes is 1. The topological polar surface area (TPSA) is 103 Å². The van der Waals surface area contributed by atoms with E-state index in [4.69, 9.17) is 16.9 Å². The Kier molecular flexibility index (Phi) is 6.42. The number of ether oxygens (including phenoxy) is 1. The number of pyridine rings is 1. The largest absolute Gasteiger partial charge is 0.410 e. The standard InChI is InChI=1S/C22H22FN5O2/c1-4-5-6-7-8-25-22-26-12-15-10-17(14(3)27-20(15)28-22)16-11-19(30-21(24)29)18(23)9-13(16)2/h1,9-12H,5-8H2,2-3H3,(H2,24,29)(H,25,26,27,28). The molecule has 0 saturated carbocycles. The summed E-state index contributed by atoms with van der Waals surface area (Å²) in [5.74, 6) is 2.22. The fraction of sp³-hybridized carbons (Fsp3) is 0.273. The molecular weight excluding hydrogens is 385 g/mol. The molecule has 0 bridgehead atoms. The second-order valence-electron chi connectivity index (χ2n) is 6.83. The predicted molar refractivity (Wildman–Crippen MR) is 114 cm³/mol. The number of aryl methyl sites for hydroxylation is 2. The van der Waals surface area contributed by atoms with Crippen molar-refractivity contribution in [3.05, 3.63) is 41.5 Å². The Labute approximate surface area is 173 Å². The lowest BCUT2D eigenvalue weighted by Crippen LogP contribution is -2.17. The Hall–Kier alpha value is -3.73. The molecule has 3 rings (SSSR count). The number of amides is 1. The first-order valence-electron chi connectivity index (χ1n) is 9.48. The zero-order valence-electron chi connectivity index (χ0n) is 16.8. The lowest BCUT2D eigenvalue weighted by molar-refractivity contribution is 0.208. The number of carbonyl (C=O) groups is 1. The summed E-state index contributed by atoms with van der Waals surface area (Å²) in [5, 5.41) is 3.90. The number of nitrogens with two attached hydrogens (primary N) is 1. The Morgan fingerprint density at radius 2 is 2.03 bits per heavy atom. The number of hydrogen-bond acceptors (Lipinski definition) is 6. The maximum absolute atomic E-state index is 14.1.